The summed E-state index contributed by atoms with van der Waals surface area (Å²) in [5.74, 6) is -0.925. The van der Waals surface area contributed by atoms with Crippen LogP contribution in [0.4, 0.5) is 11.6 Å². The van der Waals surface area contributed by atoms with E-state index in [0.717, 1.165) is 26.9 Å². The molecule has 0 saturated heterocycles. The van der Waals surface area contributed by atoms with Crippen molar-refractivity contribution in [2.75, 3.05) is 5.32 Å². The number of aromatic nitrogens is 4. The minimum atomic E-state index is -1.12. The highest BCUT2D eigenvalue weighted by Crippen LogP contribution is 2.27. The Balaban J connectivity index is 2.32. The third-order valence-electron chi connectivity index (χ3n) is 4.56. The van der Waals surface area contributed by atoms with Crippen molar-refractivity contribution in [3.8, 4) is 0 Å². The lowest BCUT2D eigenvalue weighted by Crippen LogP contribution is -2.37. The molecule has 0 atom stereocenters. The van der Waals surface area contributed by atoms with Crippen LogP contribution in [0.2, 0.25) is 0 Å². The zero-order valence-electron chi connectivity index (χ0n) is 15.8. The maximum Gasteiger partial charge on any atom is 0.332 e. The number of anilines is 2. The summed E-state index contributed by atoms with van der Waals surface area (Å²) in [6, 6.07) is 3.99. The Morgan fingerprint density at radius 1 is 1.11 bits per heavy atom. The van der Waals surface area contributed by atoms with Gasteiger partial charge in [0.15, 0.2) is 11.2 Å². The fourth-order valence-corrected chi connectivity index (χ4v) is 3.32. The predicted molar refractivity (Wildman–Crippen MR) is 102 cm³/mol. The van der Waals surface area contributed by atoms with E-state index in [1.54, 1.807) is 0 Å². The van der Waals surface area contributed by atoms with Crippen molar-refractivity contribution in [3.05, 3.63) is 49.7 Å². The van der Waals surface area contributed by atoms with Gasteiger partial charge in [0.1, 0.15) is 6.54 Å². The number of fused-ring (bicyclic) bond motifs is 1. The number of hydrogen-bond donors (Lipinski definition) is 2. The lowest BCUT2D eigenvalue weighted by Gasteiger charge is -2.14. The van der Waals surface area contributed by atoms with Crippen LogP contribution in [0.25, 0.3) is 11.2 Å². The Morgan fingerprint density at radius 3 is 2.26 bits per heavy atom. The number of nitrogens with one attached hydrogen (secondary N) is 1. The van der Waals surface area contributed by atoms with Gasteiger partial charge in [-0.2, -0.15) is 4.98 Å². The average Bonchev–Trinajstić information content (AvgIpc) is 2.92. The molecule has 0 bridgehead atoms. The predicted octanol–water partition coefficient (Wildman–Crippen LogP) is 1.19. The van der Waals surface area contributed by atoms with Crippen molar-refractivity contribution in [2.45, 2.75) is 27.3 Å². The molecule has 2 N–H and O–H groups in total. The molecule has 0 aliphatic rings. The van der Waals surface area contributed by atoms with Crippen molar-refractivity contribution in [3.63, 3.8) is 0 Å². The summed E-state index contributed by atoms with van der Waals surface area (Å²) < 4.78 is 3.46. The van der Waals surface area contributed by atoms with Gasteiger partial charge in [-0.25, -0.2) is 4.79 Å². The van der Waals surface area contributed by atoms with Gasteiger partial charge in [0.25, 0.3) is 5.56 Å². The Kier molecular flexibility index (Phi) is 4.38. The van der Waals surface area contributed by atoms with E-state index in [0.29, 0.717) is 0 Å². The summed E-state index contributed by atoms with van der Waals surface area (Å²) in [5, 5.41) is 12.5. The Bertz CT molecular complexity index is 1180. The van der Waals surface area contributed by atoms with Crippen molar-refractivity contribution < 1.29 is 9.90 Å². The van der Waals surface area contributed by atoms with Gasteiger partial charge in [0.2, 0.25) is 5.95 Å². The zero-order chi connectivity index (χ0) is 20.0. The zero-order valence-corrected chi connectivity index (χ0v) is 15.8. The number of nitrogens with zero attached hydrogens (tertiary/aromatic N) is 4. The number of carboxylic acid groups (broad SMARTS) is 1. The molecule has 9 heteroatoms. The maximum atomic E-state index is 12.6. The number of benzene rings is 1. The summed E-state index contributed by atoms with van der Waals surface area (Å²) in [6.07, 6.45) is 0. The summed E-state index contributed by atoms with van der Waals surface area (Å²) >= 11 is 0. The van der Waals surface area contributed by atoms with Gasteiger partial charge in [0.05, 0.1) is 0 Å². The van der Waals surface area contributed by atoms with Crippen LogP contribution >= 0.6 is 0 Å². The van der Waals surface area contributed by atoms with Crippen LogP contribution in [0.1, 0.15) is 16.7 Å². The molecule has 9 nitrogen and oxygen atoms in total. The van der Waals surface area contributed by atoms with E-state index in [2.05, 4.69) is 10.3 Å². The molecule has 2 heterocycles. The van der Waals surface area contributed by atoms with Crippen molar-refractivity contribution >= 4 is 28.8 Å². The fraction of sp³-hybridized carbons (Fsp3) is 0.333. The molecule has 0 spiro atoms. The van der Waals surface area contributed by atoms with Gasteiger partial charge in [-0.15, -0.1) is 0 Å². The first-order chi connectivity index (χ1) is 12.6. The van der Waals surface area contributed by atoms with E-state index in [1.807, 2.05) is 32.9 Å². The largest absolute Gasteiger partial charge is 0.480 e. The summed E-state index contributed by atoms with van der Waals surface area (Å²) in [4.78, 5) is 40.6. The van der Waals surface area contributed by atoms with Gasteiger partial charge in [0, 0.05) is 19.8 Å². The highest BCUT2D eigenvalue weighted by molar-refractivity contribution is 5.79. The number of aryl methyl sites for hydroxylation is 4. The van der Waals surface area contributed by atoms with Gasteiger partial charge < -0.3 is 10.4 Å². The fourth-order valence-electron chi connectivity index (χ4n) is 3.32. The van der Waals surface area contributed by atoms with Crippen molar-refractivity contribution in [1.82, 2.24) is 18.7 Å². The second-order valence-electron chi connectivity index (χ2n) is 6.69. The normalized spacial score (nSPS) is 11.1. The molecule has 1 aromatic carbocycles. The van der Waals surface area contributed by atoms with E-state index < -0.39 is 23.8 Å². The molecule has 27 heavy (non-hydrogen) atoms. The maximum absolute atomic E-state index is 12.6. The number of aliphatic carboxylic acids is 1. The third-order valence-corrected chi connectivity index (χ3v) is 4.56. The van der Waals surface area contributed by atoms with Crippen LogP contribution in [0.3, 0.4) is 0 Å². The highest BCUT2D eigenvalue weighted by Gasteiger charge is 2.21. The molecule has 0 amide bonds. The first-order valence-electron chi connectivity index (χ1n) is 8.34. The molecule has 0 saturated carbocycles. The van der Waals surface area contributed by atoms with Gasteiger partial charge in [-0.05, 0) is 31.9 Å². The van der Waals surface area contributed by atoms with Crippen LogP contribution < -0.4 is 16.6 Å². The smallest absolute Gasteiger partial charge is 0.332 e. The molecule has 0 unspecified atom stereocenters. The quantitative estimate of drug-likeness (QED) is 0.713. The van der Waals surface area contributed by atoms with Gasteiger partial charge in [-0.3, -0.25) is 23.3 Å². The van der Waals surface area contributed by atoms with Crippen LogP contribution in [-0.4, -0.2) is 29.8 Å². The minimum Gasteiger partial charge on any atom is -0.480 e. The SMILES string of the molecule is Cc1cc(C)c(Nc2nc3c(c(=O)n(C)c(=O)n3C)n2CC(=O)O)c(C)c1. The van der Waals surface area contributed by atoms with Crippen LogP contribution in [0.5, 0.6) is 0 Å². The molecule has 3 aromatic rings. The second-order valence-corrected chi connectivity index (χ2v) is 6.69. The average molecular weight is 371 g/mol. The third kappa shape index (κ3) is 3.01. The number of hydrogen-bond acceptors (Lipinski definition) is 5. The molecule has 0 radical (unpaired) electrons. The van der Waals surface area contributed by atoms with Crippen molar-refractivity contribution in [2.24, 2.45) is 14.1 Å². The first kappa shape index (κ1) is 18.4. The first-order valence-corrected chi connectivity index (χ1v) is 8.34. The Hall–Kier alpha value is -3.36. The molecule has 2 aromatic heterocycles. The second kappa shape index (κ2) is 6.42. The van der Waals surface area contributed by atoms with Gasteiger partial charge in [-0.1, -0.05) is 17.7 Å². The molecular formula is C18H21N5O4. The Labute approximate surface area is 154 Å². The molecule has 0 fully saturated rings. The number of carbonyl (C=O) groups is 1. The van der Waals surface area contributed by atoms with E-state index in [9.17, 15) is 19.5 Å². The molecular weight excluding hydrogens is 350 g/mol. The molecule has 3 rings (SSSR count). The highest BCUT2D eigenvalue weighted by atomic mass is 16.4. The summed E-state index contributed by atoms with van der Waals surface area (Å²) in [7, 11) is 2.85. The topological polar surface area (TPSA) is 111 Å². The monoisotopic (exact) mass is 371 g/mol. The molecule has 0 aliphatic heterocycles. The van der Waals surface area contributed by atoms with E-state index in [4.69, 9.17) is 0 Å². The molecule has 0 aliphatic carbocycles. The summed E-state index contributed by atoms with van der Waals surface area (Å²) in [5.41, 5.74) is 2.89. The molecule has 142 valence electrons. The van der Waals surface area contributed by atoms with E-state index in [-0.39, 0.29) is 17.1 Å². The van der Waals surface area contributed by atoms with Crippen LogP contribution in [0, 0.1) is 20.8 Å². The number of rotatable bonds is 4. The van der Waals surface area contributed by atoms with Crippen LogP contribution in [0.15, 0.2) is 21.7 Å². The van der Waals surface area contributed by atoms with Gasteiger partial charge >= 0.3 is 11.7 Å². The summed E-state index contributed by atoms with van der Waals surface area (Å²) in [6.45, 7) is 5.39. The number of imidazole rings is 1. The van der Waals surface area contributed by atoms with Crippen molar-refractivity contribution in [1.29, 1.82) is 0 Å². The van der Waals surface area contributed by atoms with E-state index in [1.165, 1.54) is 23.2 Å². The van der Waals surface area contributed by atoms with E-state index >= 15 is 0 Å². The van der Waals surface area contributed by atoms with Crippen LogP contribution in [-0.2, 0) is 25.4 Å². The Morgan fingerprint density at radius 2 is 1.70 bits per heavy atom. The lowest BCUT2D eigenvalue weighted by molar-refractivity contribution is -0.137. The lowest BCUT2D eigenvalue weighted by atomic mass is 10.1. The standard InChI is InChI=1S/C18H21N5O4/c1-9-6-10(2)13(11(3)7-9)19-17-20-15-14(23(17)8-12(24)25)16(26)22(5)18(27)21(15)4/h6-7H,8H2,1-5H3,(H,19,20)(H,24,25). The minimum absolute atomic E-state index is 0.0620. The number of carboxylic acids is 1.